The zero-order valence-electron chi connectivity index (χ0n) is 12.8. The number of rotatable bonds is 9. The molecule has 2 aliphatic heterocycles. The average molecular weight is 308 g/mol. The Labute approximate surface area is 131 Å². The molecule has 2 aliphatic rings. The summed E-state index contributed by atoms with van der Waals surface area (Å²) >= 11 is 0. The third-order valence-electron chi connectivity index (χ3n) is 3.91. The van der Waals surface area contributed by atoms with Crippen molar-refractivity contribution in [3.63, 3.8) is 0 Å². The largest absolute Gasteiger partial charge is 0.390 e. The maximum atomic E-state index is 11.8. The third kappa shape index (κ3) is 5.72. The Morgan fingerprint density at radius 2 is 2.14 bits per heavy atom. The fourth-order valence-electron chi connectivity index (χ4n) is 2.45. The van der Waals surface area contributed by atoms with E-state index in [4.69, 9.17) is 11.2 Å². The predicted octanol–water partition coefficient (Wildman–Crippen LogP) is 0.151. The lowest BCUT2D eigenvalue weighted by Gasteiger charge is -2.28. The molecule has 0 spiro atoms. The number of aliphatic hydroxyl groups is 1. The number of ether oxygens (including phenoxy) is 1. The minimum absolute atomic E-state index is 0.0848. The predicted molar refractivity (Wildman–Crippen MR) is 81.2 cm³/mol. The number of aliphatic hydroxyl groups excluding tert-OH is 1. The maximum Gasteiger partial charge on any atom is 0.220 e. The smallest absolute Gasteiger partial charge is 0.220 e. The number of morpholine rings is 1. The van der Waals surface area contributed by atoms with E-state index in [1.165, 1.54) is 0 Å². The second-order valence-electron chi connectivity index (χ2n) is 5.76. The number of nitrogens with zero attached hydrogens (tertiary/aromatic N) is 3. The van der Waals surface area contributed by atoms with Gasteiger partial charge in [-0.2, -0.15) is 10.2 Å². The monoisotopic (exact) mass is 308 g/mol. The molecule has 122 valence electrons. The van der Waals surface area contributed by atoms with Gasteiger partial charge in [0.15, 0.2) is 5.66 Å². The summed E-state index contributed by atoms with van der Waals surface area (Å²) < 4.78 is 5.25. The summed E-state index contributed by atoms with van der Waals surface area (Å²) in [4.78, 5) is 13.9. The molecule has 0 aliphatic carbocycles. The summed E-state index contributed by atoms with van der Waals surface area (Å²) in [5.74, 6) is 2.48. The molecular formula is C15H24N4O3. The molecule has 1 fully saturated rings. The molecule has 7 nitrogen and oxygen atoms in total. The summed E-state index contributed by atoms with van der Waals surface area (Å²) in [6, 6.07) is 0. The number of hydrogen-bond donors (Lipinski definition) is 2. The molecule has 0 aromatic carbocycles. The van der Waals surface area contributed by atoms with Gasteiger partial charge in [-0.3, -0.25) is 9.69 Å². The van der Waals surface area contributed by atoms with Crippen molar-refractivity contribution >= 4 is 5.91 Å². The molecule has 7 heteroatoms. The molecule has 2 rings (SSSR count). The summed E-state index contributed by atoms with van der Waals surface area (Å²) in [7, 11) is 0. The lowest BCUT2D eigenvalue weighted by molar-refractivity contribution is -0.121. The van der Waals surface area contributed by atoms with Crippen molar-refractivity contribution < 1.29 is 14.6 Å². The zero-order valence-corrected chi connectivity index (χ0v) is 12.8. The van der Waals surface area contributed by atoms with Gasteiger partial charge in [-0.15, -0.1) is 12.3 Å². The molecule has 1 unspecified atom stereocenters. The van der Waals surface area contributed by atoms with Gasteiger partial charge in [-0.25, -0.2) is 0 Å². The first-order valence-electron chi connectivity index (χ1n) is 7.76. The molecule has 0 bridgehead atoms. The van der Waals surface area contributed by atoms with Gasteiger partial charge in [0.2, 0.25) is 5.91 Å². The summed E-state index contributed by atoms with van der Waals surface area (Å²) in [5.41, 5.74) is -0.421. The van der Waals surface area contributed by atoms with Gasteiger partial charge in [0.1, 0.15) is 0 Å². The van der Waals surface area contributed by atoms with Crippen molar-refractivity contribution in [2.75, 3.05) is 39.4 Å². The molecule has 1 atom stereocenters. The maximum absolute atomic E-state index is 11.8. The molecule has 2 heterocycles. The number of carbonyl (C=O) groups is 1. The van der Waals surface area contributed by atoms with Crippen molar-refractivity contribution in [1.29, 1.82) is 0 Å². The summed E-state index contributed by atoms with van der Waals surface area (Å²) in [5, 5.41) is 20.7. The number of amides is 1. The number of β-amino-alcohol motifs (C(OH)–C–C–N with tert-alkyl or cyclic N) is 1. The number of nitrogens with one attached hydrogen (secondary N) is 1. The highest BCUT2D eigenvalue weighted by molar-refractivity contribution is 5.76. The fourth-order valence-corrected chi connectivity index (χ4v) is 2.45. The second-order valence-corrected chi connectivity index (χ2v) is 5.76. The Morgan fingerprint density at radius 3 is 2.77 bits per heavy atom. The van der Waals surface area contributed by atoms with E-state index in [1.54, 1.807) is 0 Å². The standard InChI is InChI=1S/C15H24N4O3/c1-2-3-5-15(17-18-15)6-4-14(21)16-11-13(20)12-19-7-9-22-10-8-19/h1,13,20H,3-12H2,(H,16,21). The summed E-state index contributed by atoms with van der Waals surface area (Å²) in [6.45, 7) is 3.87. The van der Waals surface area contributed by atoms with Crippen molar-refractivity contribution in [2.45, 2.75) is 37.5 Å². The van der Waals surface area contributed by atoms with Crippen LogP contribution in [0.25, 0.3) is 0 Å². The van der Waals surface area contributed by atoms with Crippen molar-refractivity contribution in [3.8, 4) is 12.3 Å². The van der Waals surface area contributed by atoms with Gasteiger partial charge in [-0.1, -0.05) is 0 Å². The topological polar surface area (TPSA) is 86.5 Å². The van der Waals surface area contributed by atoms with E-state index in [1.807, 2.05) is 0 Å². The molecule has 1 saturated heterocycles. The van der Waals surface area contributed by atoms with E-state index in [0.717, 1.165) is 13.1 Å². The van der Waals surface area contributed by atoms with Crippen molar-refractivity contribution in [3.05, 3.63) is 0 Å². The molecule has 22 heavy (non-hydrogen) atoms. The van der Waals surface area contributed by atoms with Crippen LogP contribution < -0.4 is 5.32 Å². The minimum atomic E-state index is -0.562. The third-order valence-corrected chi connectivity index (χ3v) is 3.91. The van der Waals surface area contributed by atoms with Crippen LogP contribution in [0.15, 0.2) is 10.2 Å². The van der Waals surface area contributed by atoms with Crippen LogP contribution in [0.1, 0.15) is 25.7 Å². The molecule has 1 amide bonds. The molecule has 0 saturated carbocycles. The van der Waals surface area contributed by atoms with E-state index in [0.29, 0.717) is 45.4 Å². The normalized spacial score (nSPS) is 21.1. The lowest BCUT2D eigenvalue weighted by atomic mass is 10.0. The Balaban J connectivity index is 1.56. The first kappa shape index (κ1) is 16.9. The molecule has 0 aromatic heterocycles. The first-order chi connectivity index (χ1) is 10.6. The Morgan fingerprint density at radius 1 is 1.41 bits per heavy atom. The van der Waals surface area contributed by atoms with Crippen LogP contribution in [-0.2, 0) is 9.53 Å². The van der Waals surface area contributed by atoms with Gasteiger partial charge in [0.05, 0.1) is 19.3 Å². The Bertz CT molecular complexity index is 435. The van der Waals surface area contributed by atoms with Gasteiger partial charge in [0, 0.05) is 51.9 Å². The highest BCUT2D eigenvalue weighted by Gasteiger charge is 2.39. The lowest BCUT2D eigenvalue weighted by Crippen LogP contribution is -2.44. The van der Waals surface area contributed by atoms with Gasteiger partial charge >= 0.3 is 0 Å². The van der Waals surface area contributed by atoms with Crippen molar-refractivity contribution in [1.82, 2.24) is 10.2 Å². The van der Waals surface area contributed by atoms with E-state index in [-0.39, 0.29) is 12.5 Å². The van der Waals surface area contributed by atoms with Crippen LogP contribution in [0.4, 0.5) is 0 Å². The Kier molecular flexibility index (Phi) is 6.31. The second kappa shape index (κ2) is 8.22. The van der Waals surface area contributed by atoms with Gasteiger partial charge < -0.3 is 15.2 Å². The molecule has 0 radical (unpaired) electrons. The van der Waals surface area contributed by atoms with Crippen LogP contribution in [0, 0.1) is 12.3 Å². The molecule has 0 aromatic rings. The highest BCUT2D eigenvalue weighted by atomic mass is 16.5. The summed E-state index contributed by atoms with van der Waals surface area (Å²) in [6.07, 6.45) is 6.92. The van der Waals surface area contributed by atoms with E-state index in [2.05, 4.69) is 26.4 Å². The van der Waals surface area contributed by atoms with Crippen LogP contribution >= 0.6 is 0 Å². The van der Waals surface area contributed by atoms with Crippen LogP contribution in [0.3, 0.4) is 0 Å². The number of carbonyl (C=O) groups excluding carboxylic acids is 1. The molecular weight excluding hydrogens is 284 g/mol. The number of hydrogen-bond acceptors (Lipinski definition) is 6. The number of terminal acetylenes is 1. The Hall–Kier alpha value is -1.49. The zero-order chi connectivity index (χ0) is 15.8. The van der Waals surface area contributed by atoms with Crippen LogP contribution in [-0.4, -0.2) is 67.1 Å². The highest BCUT2D eigenvalue weighted by Crippen LogP contribution is 2.37. The van der Waals surface area contributed by atoms with Crippen molar-refractivity contribution in [2.24, 2.45) is 10.2 Å². The van der Waals surface area contributed by atoms with E-state index in [9.17, 15) is 9.90 Å². The quantitative estimate of drug-likeness (QED) is 0.594. The first-order valence-corrected chi connectivity index (χ1v) is 7.76. The van der Waals surface area contributed by atoms with Gasteiger partial charge in [-0.05, 0) is 0 Å². The van der Waals surface area contributed by atoms with E-state index >= 15 is 0 Å². The van der Waals surface area contributed by atoms with Crippen LogP contribution in [0.5, 0.6) is 0 Å². The SMILES string of the molecule is C#CCCC1(CCC(=O)NCC(O)CN2CCOCC2)N=N1. The fraction of sp³-hybridized carbons (Fsp3) is 0.800. The van der Waals surface area contributed by atoms with Crippen LogP contribution in [0.2, 0.25) is 0 Å². The van der Waals surface area contributed by atoms with E-state index < -0.39 is 11.8 Å². The minimum Gasteiger partial charge on any atom is -0.390 e. The molecule has 2 N–H and O–H groups in total. The average Bonchev–Trinajstić information content (AvgIpc) is 3.30. The van der Waals surface area contributed by atoms with Gasteiger partial charge in [0.25, 0.3) is 0 Å².